The Morgan fingerprint density at radius 3 is 2.73 bits per heavy atom. The third-order valence-corrected chi connectivity index (χ3v) is 2.18. The first-order valence-corrected chi connectivity index (χ1v) is 5.29. The maximum atomic E-state index is 13.0. The Kier molecular flexibility index (Phi) is 4.56. The molecule has 0 saturated heterocycles. The van der Waals surface area contributed by atoms with Crippen LogP contribution in [0.1, 0.15) is 38.4 Å². The van der Waals surface area contributed by atoms with Gasteiger partial charge in [0.1, 0.15) is 11.6 Å². The Morgan fingerprint density at radius 2 is 2.13 bits per heavy atom. The largest absolute Gasteiger partial charge is 0.493 e. The number of ether oxygens (including phenoxy) is 1. The third kappa shape index (κ3) is 3.20. The lowest BCUT2D eigenvalue weighted by Gasteiger charge is -2.14. The molecular formula is C12H17FO2. The molecule has 1 N–H and O–H groups in total. The molecule has 0 aliphatic carbocycles. The topological polar surface area (TPSA) is 29.5 Å². The highest BCUT2D eigenvalue weighted by molar-refractivity contribution is 5.35. The highest BCUT2D eigenvalue weighted by Crippen LogP contribution is 2.28. The predicted molar refractivity (Wildman–Crippen MR) is 57.4 cm³/mol. The Bertz CT molecular complexity index is 312. The van der Waals surface area contributed by atoms with Crippen LogP contribution in [0.25, 0.3) is 0 Å². The monoisotopic (exact) mass is 212 g/mol. The number of aliphatic hydroxyl groups is 1. The molecule has 15 heavy (non-hydrogen) atoms. The maximum absolute atomic E-state index is 13.0. The van der Waals surface area contributed by atoms with Gasteiger partial charge < -0.3 is 9.84 Å². The molecule has 1 aromatic carbocycles. The van der Waals surface area contributed by atoms with Gasteiger partial charge in [-0.25, -0.2) is 4.39 Å². The number of hydrogen-bond donors (Lipinski definition) is 1. The van der Waals surface area contributed by atoms with E-state index in [1.807, 2.05) is 13.8 Å². The van der Waals surface area contributed by atoms with Crippen molar-refractivity contribution < 1.29 is 14.2 Å². The predicted octanol–water partition coefficient (Wildman–Crippen LogP) is 3.06. The lowest BCUT2D eigenvalue weighted by molar-refractivity contribution is 0.167. The molecule has 84 valence electrons. The van der Waals surface area contributed by atoms with Crippen molar-refractivity contribution in [1.82, 2.24) is 0 Å². The Morgan fingerprint density at radius 1 is 1.40 bits per heavy atom. The fraction of sp³-hybridized carbons (Fsp3) is 0.500. The minimum absolute atomic E-state index is 0.340. The number of halogens is 1. The summed E-state index contributed by atoms with van der Waals surface area (Å²) in [5.74, 6) is 0.111. The van der Waals surface area contributed by atoms with E-state index in [0.717, 1.165) is 6.42 Å². The quantitative estimate of drug-likeness (QED) is 0.812. The highest BCUT2D eigenvalue weighted by atomic mass is 19.1. The zero-order chi connectivity index (χ0) is 11.3. The van der Waals surface area contributed by atoms with E-state index in [2.05, 4.69) is 0 Å². The molecule has 0 aliphatic rings. The van der Waals surface area contributed by atoms with Crippen LogP contribution in [0.2, 0.25) is 0 Å². The van der Waals surface area contributed by atoms with Crippen LogP contribution in [-0.2, 0) is 0 Å². The molecule has 0 aliphatic heterocycles. The summed E-state index contributed by atoms with van der Waals surface area (Å²) in [5, 5.41) is 9.70. The minimum atomic E-state index is -0.586. The van der Waals surface area contributed by atoms with E-state index in [1.54, 1.807) is 6.07 Å². The zero-order valence-corrected chi connectivity index (χ0v) is 9.16. The summed E-state index contributed by atoms with van der Waals surface area (Å²) in [7, 11) is 0. The molecule has 0 fully saturated rings. The number of benzene rings is 1. The van der Waals surface area contributed by atoms with Crippen LogP contribution >= 0.6 is 0 Å². The van der Waals surface area contributed by atoms with Crippen LogP contribution in [0, 0.1) is 5.82 Å². The van der Waals surface area contributed by atoms with Gasteiger partial charge in [-0.15, -0.1) is 0 Å². The Balaban J connectivity index is 2.92. The van der Waals surface area contributed by atoms with E-state index in [-0.39, 0.29) is 5.82 Å². The van der Waals surface area contributed by atoms with Crippen LogP contribution in [0.5, 0.6) is 5.75 Å². The molecule has 0 aromatic heterocycles. The average Bonchev–Trinajstić information content (AvgIpc) is 2.25. The van der Waals surface area contributed by atoms with Gasteiger partial charge in [0, 0.05) is 11.6 Å². The summed E-state index contributed by atoms with van der Waals surface area (Å²) < 4.78 is 18.4. The summed E-state index contributed by atoms with van der Waals surface area (Å²) in [5.41, 5.74) is 0.660. The molecule has 1 aromatic rings. The molecule has 1 atom stereocenters. The minimum Gasteiger partial charge on any atom is -0.493 e. The van der Waals surface area contributed by atoms with Gasteiger partial charge in [0.05, 0.1) is 12.7 Å². The lowest BCUT2D eigenvalue weighted by Crippen LogP contribution is -2.03. The molecule has 1 rings (SSSR count). The molecule has 0 spiro atoms. The standard InChI is InChI=1S/C12H17FO2/c1-3-7-15-12-8-9(13)5-6-10(12)11(14)4-2/h5-6,8,11,14H,3-4,7H2,1-2H3. The smallest absolute Gasteiger partial charge is 0.128 e. The number of aliphatic hydroxyl groups excluding tert-OH is 1. The summed E-state index contributed by atoms with van der Waals surface area (Å²) in [4.78, 5) is 0. The molecule has 0 saturated carbocycles. The molecule has 2 nitrogen and oxygen atoms in total. The number of hydrogen-bond acceptors (Lipinski definition) is 2. The average molecular weight is 212 g/mol. The fourth-order valence-electron chi connectivity index (χ4n) is 1.34. The van der Waals surface area contributed by atoms with E-state index in [1.165, 1.54) is 12.1 Å². The summed E-state index contributed by atoms with van der Waals surface area (Å²) >= 11 is 0. The molecular weight excluding hydrogens is 195 g/mol. The second-order valence-electron chi connectivity index (χ2n) is 3.45. The summed E-state index contributed by atoms with van der Waals surface area (Å²) in [6, 6.07) is 4.24. The number of rotatable bonds is 5. The van der Waals surface area contributed by atoms with Gasteiger partial charge in [0.2, 0.25) is 0 Å². The van der Waals surface area contributed by atoms with Crippen LogP contribution in [0.3, 0.4) is 0 Å². The van der Waals surface area contributed by atoms with Crippen molar-refractivity contribution in [2.45, 2.75) is 32.8 Å². The van der Waals surface area contributed by atoms with E-state index >= 15 is 0 Å². The van der Waals surface area contributed by atoms with Crippen LogP contribution in [0.15, 0.2) is 18.2 Å². The Hall–Kier alpha value is -1.09. The van der Waals surface area contributed by atoms with Crippen LogP contribution in [-0.4, -0.2) is 11.7 Å². The normalized spacial score (nSPS) is 12.5. The van der Waals surface area contributed by atoms with E-state index in [0.29, 0.717) is 24.3 Å². The SMILES string of the molecule is CCCOc1cc(F)ccc1C(O)CC. The van der Waals surface area contributed by atoms with Gasteiger partial charge in [0.15, 0.2) is 0 Å². The third-order valence-electron chi connectivity index (χ3n) is 2.18. The van der Waals surface area contributed by atoms with Crippen molar-refractivity contribution in [3.63, 3.8) is 0 Å². The molecule has 0 radical (unpaired) electrons. The van der Waals surface area contributed by atoms with Gasteiger partial charge in [-0.2, -0.15) is 0 Å². The van der Waals surface area contributed by atoms with Crippen molar-refractivity contribution in [3.05, 3.63) is 29.6 Å². The zero-order valence-electron chi connectivity index (χ0n) is 9.16. The van der Waals surface area contributed by atoms with Crippen LogP contribution < -0.4 is 4.74 Å². The van der Waals surface area contributed by atoms with E-state index in [4.69, 9.17) is 4.74 Å². The summed E-state index contributed by atoms with van der Waals surface area (Å²) in [6.45, 7) is 4.39. The van der Waals surface area contributed by atoms with Gasteiger partial charge >= 0.3 is 0 Å². The van der Waals surface area contributed by atoms with Gasteiger partial charge in [0.25, 0.3) is 0 Å². The van der Waals surface area contributed by atoms with Crippen molar-refractivity contribution in [3.8, 4) is 5.75 Å². The van der Waals surface area contributed by atoms with Crippen molar-refractivity contribution in [2.24, 2.45) is 0 Å². The van der Waals surface area contributed by atoms with Crippen molar-refractivity contribution >= 4 is 0 Å². The molecule has 0 heterocycles. The van der Waals surface area contributed by atoms with Gasteiger partial charge in [-0.05, 0) is 25.0 Å². The van der Waals surface area contributed by atoms with Crippen molar-refractivity contribution in [2.75, 3.05) is 6.61 Å². The first-order chi connectivity index (χ1) is 7.19. The van der Waals surface area contributed by atoms with Gasteiger partial charge in [-0.3, -0.25) is 0 Å². The maximum Gasteiger partial charge on any atom is 0.128 e. The Labute approximate surface area is 89.7 Å². The van der Waals surface area contributed by atoms with Gasteiger partial charge in [-0.1, -0.05) is 13.8 Å². The molecule has 3 heteroatoms. The molecule has 1 unspecified atom stereocenters. The highest BCUT2D eigenvalue weighted by Gasteiger charge is 2.12. The fourth-order valence-corrected chi connectivity index (χ4v) is 1.34. The second-order valence-corrected chi connectivity index (χ2v) is 3.45. The van der Waals surface area contributed by atoms with E-state index in [9.17, 15) is 9.50 Å². The molecule has 0 bridgehead atoms. The lowest BCUT2D eigenvalue weighted by atomic mass is 10.1. The first kappa shape index (κ1) is 12.0. The molecule has 0 amide bonds. The summed E-state index contributed by atoms with van der Waals surface area (Å²) in [6.07, 6.45) is 0.865. The second kappa shape index (κ2) is 5.71. The van der Waals surface area contributed by atoms with Crippen molar-refractivity contribution in [1.29, 1.82) is 0 Å². The van der Waals surface area contributed by atoms with Crippen LogP contribution in [0.4, 0.5) is 4.39 Å². The first-order valence-electron chi connectivity index (χ1n) is 5.29. The van der Waals surface area contributed by atoms with E-state index < -0.39 is 6.10 Å².